The second-order valence-electron chi connectivity index (χ2n) is 3.87. The molecule has 0 unspecified atom stereocenters. The molecule has 0 spiro atoms. The number of nitrogens with zero attached hydrogens (tertiary/aromatic N) is 1. The second kappa shape index (κ2) is 6.21. The highest BCUT2D eigenvalue weighted by Crippen LogP contribution is 2.15. The highest BCUT2D eigenvalue weighted by Gasteiger charge is 2.01. The van der Waals surface area contributed by atoms with E-state index in [2.05, 4.69) is 42.2 Å². The van der Waals surface area contributed by atoms with Crippen molar-refractivity contribution in [2.75, 3.05) is 11.9 Å². The van der Waals surface area contributed by atoms with Crippen LogP contribution in [0.2, 0.25) is 0 Å². The van der Waals surface area contributed by atoms with E-state index in [0.29, 0.717) is 17.6 Å². The molecule has 0 saturated carbocycles. The molecule has 2 N–H and O–H groups in total. The zero-order valence-corrected chi connectivity index (χ0v) is 13.0. The summed E-state index contributed by atoms with van der Waals surface area (Å²) in [7, 11) is 0. The van der Waals surface area contributed by atoms with Crippen molar-refractivity contribution in [3.63, 3.8) is 0 Å². The van der Waals surface area contributed by atoms with E-state index >= 15 is 0 Å². The zero-order chi connectivity index (χ0) is 13.8. The monoisotopic (exact) mass is 387 g/mol. The first-order valence-corrected chi connectivity index (χ1v) is 7.13. The van der Waals surface area contributed by atoms with Crippen molar-refractivity contribution in [2.24, 2.45) is 0 Å². The summed E-state index contributed by atoms with van der Waals surface area (Å²) in [6, 6.07) is 7.76. The van der Waals surface area contributed by atoms with Gasteiger partial charge in [-0.05, 0) is 34.1 Å². The van der Waals surface area contributed by atoms with Crippen LogP contribution in [0, 0.1) is 0 Å². The molecule has 0 atom stereocenters. The van der Waals surface area contributed by atoms with Gasteiger partial charge in [0.25, 0.3) is 5.56 Å². The van der Waals surface area contributed by atoms with E-state index in [1.165, 1.54) is 10.8 Å². The molecule has 1 aromatic carbocycles. The van der Waals surface area contributed by atoms with Gasteiger partial charge < -0.3 is 5.32 Å². The molecule has 19 heavy (non-hydrogen) atoms. The van der Waals surface area contributed by atoms with Crippen molar-refractivity contribution in [1.29, 1.82) is 0 Å². The first-order chi connectivity index (χ1) is 9.06. The van der Waals surface area contributed by atoms with E-state index in [1.807, 2.05) is 24.3 Å². The van der Waals surface area contributed by atoms with Gasteiger partial charge in [-0.1, -0.05) is 22.0 Å². The summed E-state index contributed by atoms with van der Waals surface area (Å²) < 4.78 is 2.77. The van der Waals surface area contributed by atoms with Crippen molar-refractivity contribution >= 4 is 37.5 Å². The van der Waals surface area contributed by atoms with E-state index in [0.717, 1.165) is 10.2 Å². The third kappa shape index (κ3) is 3.81. The lowest BCUT2D eigenvalue weighted by Crippen LogP contribution is -2.31. The summed E-state index contributed by atoms with van der Waals surface area (Å²) >= 11 is 6.48. The molecule has 0 aliphatic heterocycles. The fourth-order valence-electron chi connectivity index (χ4n) is 1.57. The summed E-state index contributed by atoms with van der Waals surface area (Å²) in [6.07, 6.45) is 1.49. The second-order valence-corrected chi connectivity index (χ2v) is 5.64. The van der Waals surface area contributed by atoms with Crippen LogP contribution in [0.25, 0.3) is 0 Å². The minimum absolute atomic E-state index is 0.342. The van der Waals surface area contributed by atoms with Gasteiger partial charge in [0.2, 0.25) is 0 Å². The largest absolute Gasteiger partial charge is 0.383 e. The minimum Gasteiger partial charge on any atom is -0.383 e. The van der Waals surface area contributed by atoms with Gasteiger partial charge in [-0.2, -0.15) is 0 Å². The number of benzene rings is 1. The maximum atomic E-state index is 11.5. The number of halogens is 2. The number of H-pyrrole nitrogens is 1. The van der Waals surface area contributed by atoms with Crippen molar-refractivity contribution in [3.8, 4) is 0 Å². The van der Waals surface area contributed by atoms with Crippen LogP contribution >= 0.6 is 31.9 Å². The lowest BCUT2D eigenvalue weighted by atomic mass is 10.3. The average molecular weight is 389 g/mol. The number of rotatable bonds is 4. The van der Waals surface area contributed by atoms with Crippen molar-refractivity contribution in [3.05, 3.63) is 60.2 Å². The number of aromatic amines is 1. The van der Waals surface area contributed by atoms with E-state index in [9.17, 15) is 9.59 Å². The number of anilines is 1. The average Bonchev–Trinajstić information content (AvgIpc) is 2.35. The summed E-state index contributed by atoms with van der Waals surface area (Å²) in [5.41, 5.74) is 0.136. The Kier molecular flexibility index (Phi) is 4.60. The molecular formula is C12H11Br2N3O2. The van der Waals surface area contributed by atoms with Crippen molar-refractivity contribution < 1.29 is 0 Å². The van der Waals surface area contributed by atoms with Crippen LogP contribution in [0.3, 0.4) is 0 Å². The van der Waals surface area contributed by atoms with Gasteiger partial charge in [-0.25, -0.2) is 4.79 Å². The number of nitrogens with one attached hydrogen (secondary N) is 2. The van der Waals surface area contributed by atoms with Crippen LogP contribution in [0.4, 0.5) is 5.69 Å². The number of hydrogen-bond donors (Lipinski definition) is 2. The Balaban J connectivity index is 2.02. The molecular weight excluding hydrogens is 378 g/mol. The molecule has 0 aliphatic rings. The summed E-state index contributed by atoms with van der Waals surface area (Å²) in [6.45, 7) is 1.04. The maximum absolute atomic E-state index is 11.5. The van der Waals surface area contributed by atoms with Crippen LogP contribution in [-0.2, 0) is 6.54 Å². The quantitative estimate of drug-likeness (QED) is 0.843. The Morgan fingerprint density at radius 1 is 1.26 bits per heavy atom. The zero-order valence-electron chi connectivity index (χ0n) is 9.82. The molecule has 0 fully saturated rings. The fourth-order valence-corrected chi connectivity index (χ4v) is 2.31. The molecule has 2 rings (SSSR count). The van der Waals surface area contributed by atoms with E-state index in [1.54, 1.807) is 0 Å². The molecule has 0 amide bonds. The Labute approximate surface area is 125 Å². The Morgan fingerprint density at radius 2 is 2.05 bits per heavy atom. The number of hydrogen-bond acceptors (Lipinski definition) is 3. The molecule has 100 valence electrons. The van der Waals surface area contributed by atoms with Gasteiger partial charge in [0, 0.05) is 29.4 Å². The Hall–Kier alpha value is -1.34. The van der Waals surface area contributed by atoms with Crippen molar-refractivity contribution in [2.45, 2.75) is 6.54 Å². The van der Waals surface area contributed by atoms with Gasteiger partial charge in [0.05, 0.1) is 4.47 Å². The molecule has 2 aromatic rings. The van der Waals surface area contributed by atoms with E-state index in [-0.39, 0.29) is 0 Å². The smallest absolute Gasteiger partial charge is 0.328 e. The van der Waals surface area contributed by atoms with Crippen LogP contribution in [0.15, 0.2) is 49.0 Å². The van der Waals surface area contributed by atoms with Crippen molar-refractivity contribution in [1.82, 2.24) is 9.55 Å². The Bertz CT molecular complexity index is 694. The van der Waals surface area contributed by atoms with Gasteiger partial charge in [0.1, 0.15) is 0 Å². The molecule has 5 nitrogen and oxygen atoms in total. The van der Waals surface area contributed by atoms with Gasteiger partial charge in [-0.15, -0.1) is 0 Å². The van der Waals surface area contributed by atoms with E-state index in [4.69, 9.17) is 0 Å². The topological polar surface area (TPSA) is 66.9 Å². The van der Waals surface area contributed by atoms with Crippen LogP contribution in [-0.4, -0.2) is 16.1 Å². The van der Waals surface area contributed by atoms with Gasteiger partial charge >= 0.3 is 5.69 Å². The third-order valence-electron chi connectivity index (χ3n) is 2.47. The molecule has 0 bridgehead atoms. The van der Waals surface area contributed by atoms with Crippen LogP contribution in [0.5, 0.6) is 0 Å². The third-order valence-corrected chi connectivity index (χ3v) is 3.53. The fraction of sp³-hybridized carbons (Fsp3) is 0.167. The molecule has 0 aliphatic carbocycles. The SMILES string of the molecule is O=c1[nH]c(=O)n(CCNc2cccc(Br)c2)cc1Br. The minimum atomic E-state index is -0.416. The predicted octanol–water partition coefficient (Wildman–Crippen LogP) is 2.17. The van der Waals surface area contributed by atoms with Gasteiger partial charge in [-0.3, -0.25) is 14.3 Å². The van der Waals surface area contributed by atoms with E-state index < -0.39 is 11.2 Å². The van der Waals surface area contributed by atoms with Gasteiger partial charge in [0.15, 0.2) is 0 Å². The highest BCUT2D eigenvalue weighted by atomic mass is 79.9. The summed E-state index contributed by atoms with van der Waals surface area (Å²) in [5.74, 6) is 0. The molecule has 0 radical (unpaired) electrons. The first-order valence-electron chi connectivity index (χ1n) is 5.55. The standard InChI is InChI=1S/C12H11Br2N3O2/c13-8-2-1-3-9(6-8)15-4-5-17-7-10(14)11(18)16-12(17)19/h1-3,6-7,15H,4-5H2,(H,16,18,19). The maximum Gasteiger partial charge on any atom is 0.328 e. The molecule has 0 saturated heterocycles. The summed E-state index contributed by atoms with van der Waals surface area (Å²) in [4.78, 5) is 25.0. The van der Waals surface area contributed by atoms with Crippen LogP contribution < -0.4 is 16.6 Å². The molecule has 1 heterocycles. The molecule has 7 heteroatoms. The van der Waals surface area contributed by atoms with Crippen LogP contribution in [0.1, 0.15) is 0 Å². The lowest BCUT2D eigenvalue weighted by Gasteiger charge is -2.08. The predicted molar refractivity (Wildman–Crippen MR) is 81.7 cm³/mol. The first kappa shape index (κ1) is 14.1. The Morgan fingerprint density at radius 3 is 2.79 bits per heavy atom. The summed E-state index contributed by atoms with van der Waals surface area (Å²) in [5, 5.41) is 3.20. The normalized spacial score (nSPS) is 10.4. The number of aromatic nitrogens is 2. The highest BCUT2D eigenvalue weighted by molar-refractivity contribution is 9.10. The lowest BCUT2D eigenvalue weighted by molar-refractivity contribution is 0.666. The molecule has 1 aromatic heterocycles.